The van der Waals surface area contributed by atoms with Crippen LogP contribution in [0.1, 0.15) is 6.42 Å². The molecule has 0 saturated carbocycles. The number of methoxy groups -OCH3 is 1. The lowest BCUT2D eigenvalue weighted by molar-refractivity contribution is 0.188. The quantitative estimate of drug-likeness (QED) is 0.562. The van der Waals surface area contributed by atoms with Gasteiger partial charge < -0.3 is 14.0 Å². The molecule has 2 aromatic heterocycles. The number of aryl methyl sites for hydroxylation is 1. The maximum atomic E-state index is 12.7. The van der Waals surface area contributed by atoms with Gasteiger partial charge in [0.1, 0.15) is 17.6 Å². The summed E-state index contributed by atoms with van der Waals surface area (Å²) < 4.78 is 27.1. The molecule has 1 unspecified atom stereocenters. The monoisotopic (exact) mass is 402 g/mol. The molecule has 10 heteroatoms. The molecule has 0 aliphatic rings. The molecule has 0 aliphatic heterocycles. The average molecular weight is 403 g/mol. The van der Waals surface area contributed by atoms with Crippen molar-refractivity contribution in [1.29, 1.82) is 0 Å². The van der Waals surface area contributed by atoms with Crippen LogP contribution in [0.3, 0.4) is 0 Å². The zero-order valence-corrected chi connectivity index (χ0v) is 15.6. The lowest BCUT2D eigenvalue weighted by Crippen LogP contribution is -2.06. The lowest BCUT2D eigenvalue weighted by atomic mass is 10.2. The number of aromatic amines is 1. The topological polar surface area (TPSA) is 81.2 Å². The van der Waals surface area contributed by atoms with Crippen LogP contribution in [0, 0.1) is 0 Å². The molecule has 0 saturated heterocycles. The molecule has 2 heterocycles. The Balaban J connectivity index is 1.80. The van der Waals surface area contributed by atoms with Crippen LogP contribution in [0.4, 0.5) is 5.69 Å². The molecule has 0 amide bonds. The van der Waals surface area contributed by atoms with Crippen LogP contribution in [0.2, 0.25) is 5.02 Å². The van der Waals surface area contributed by atoms with Gasteiger partial charge in [0.15, 0.2) is 11.0 Å². The van der Waals surface area contributed by atoms with E-state index in [1.54, 1.807) is 30.1 Å². The summed E-state index contributed by atoms with van der Waals surface area (Å²) in [5.74, 6) is 0.300. The fourth-order valence-electron chi connectivity index (χ4n) is 2.42. The van der Waals surface area contributed by atoms with Crippen molar-refractivity contribution in [3.63, 3.8) is 0 Å². The normalized spacial score (nSPS) is 12.4. The molecule has 0 spiro atoms. The van der Waals surface area contributed by atoms with E-state index in [0.717, 1.165) is 17.3 Å². The number of hydrogen-bond donors (Lipinski definition) is 2. The molecule has 0 bridgehead atoms. The number of nitrogens with one attached hydrogen (secondary N) is 2. The number of fused-ring (bicyclic) bond motifs is 1. The van der Waals surface area contributed by atoms with Crippen LogP contribution in [-0.2, 0) is 22.3 Å². The fourth-order valence-corrected chi connectivity index (χ4v) is 3.75. The van der Waals surface area contributed by atoms with Gasteiger partial charge in [0.25, 0.3) is 5.88 Å². The van der Waals surface area contributed by atoms with E-state index in [0.29, 0.717) is 34.6 Å². The third-order valence-electron chi connectivity index (χ3n) is 3.59. The van der Waals surface area contributed by atoms with Gasteiger partial charge in [-0.3, -0.25) is 4.72 Å². The Kier molecular flexibility index (Phi) is 5.85. The largest absolute Gasteiger partial charge is 0.385 e. The third kappa shape index (κ3) is 3.92. The Bertz CT molecular complexity index is 896. The molecule has 3 rings (SSSR count). The summed E-state index contributed by atoms with van der Waals surface area (Å²) in [5.41, 5.74) is 1.25. The number of benzene rings is 1. The van der Waals surface area contributed by atoms with E-state index in [-0.39, 0.29) is 0 Å². The maximum Gasteiger partial charge on any atom is 0.259 e. The highest BCUT2D eigenvalue weighted by atomic mass is 35.5. The second-order valence-corrected chi connectivity index (χ2v) is 7.00. The number of halogens is 2. The molecular weight excluding hydrogens is 387 g/mol. The molecule has 134 valence electrons. The first-order chi connectivity index (χ1) is 12.1. The summed E-state index contributed by atoms with van der Waals surface area (Å²) in [6, 6.07) is 5.34. The van der Waals surface area contributed by atoms with Crippen LogP contribution in [0.5, 0.6) is 5.88 Å². The van der Waals surface area contributed by atoms with Gasteiger partial charge in [-0.05, 0) is 18.6 Å². The van der Waals surface area contributed by atoms with Crippen molar-refractivity contribution in [3.05, 3.63) is 35.6 Å². The van der Waals surface area contributed by atoms with Crippen molar-refractivity contribution in [2.75, 3.05) is 18.4 Å². The highest BCUT2D eigenvalue weighted by Gasteiger charge is 2.17. The highest BCUT2D eigenvalue weighted by Crippen LogP contribution is 2.29. The molecule has 25 heavy (non-hydrogen) atoms. The smallest absolute Gasteiger partial charge is 0.259 e. The van der Waals surface area contributed by atoms with Crippen LogP contribution >= 0.6 is 23.5 Å². The summed E-state index contributed by atoms with van der Waals surface area (Å²) in [4.78, 5) is 3.65. The van der Waals surface area contributed by atoms with Gasteiger partial charge in [-0.2, -0.15) is 5.10 Å². The Labute approximate surface area is 157 Å². The van der Waals surface area contributed by atoms with Gasteiger partial charge in [-0.25, -0.2) is 8.89 Å². The summed E-state index contributed by atoms with van der Waals surface area (Å²) in [6.45, 7) is 1.16. The van der Waals surface area contributed by atoms with E-state index < -0.39 is 11.0 Å². The van der Waals surface area contributed by atoms with Gasteiger partial charge in [0, 0.05) is 42.4 Å². The van der Waals surface area contributed by atoms with Crippen molar-refractivity contribution in [3.8, 4) is 5.88 Å². The van der Waals surface area contributed by atoms with Crippen molar-refractivity contribution in [2.24, 2.45) is 0 Å². The number of H-pyrrole nitrogens is 1. The standard InChI is InChI=1S/C15H16Cl2N4O3S/c1-23-6-2-5-21-15(24-17)13(8-19-21)20-25(22)14-9-18-12-7-10(16)3-4-11(12)14/h3-4,7-9,18,20H,2,5-6H2,1H3. The van der Waals surface area contributed by atoms with Crippen molar-refractivity contribution in [2.45, 2.75) is 17.9 Å². The van der Waals surface area contributed by atoms with E-state index in [1.165, 1.54) is 6.20 Å². The first-order valence-corrected chi connectivity index (χ1v) is 9.26. The Morgan fingerprint density at radius 1 is 1.44 bits per heavy atom. The predicted octanol–water partition coefficient (Wildman–Crippen LogP) is 3.72. The Morgan fingerprint density at radius 2 is 2.28 bits per heavy atom. The summed E-state index contributed by atoms with van der Waals surface area (Å²) in [5, 5.41) is 5.62. The summed E-state index contributed by atoms with van der Waals surface area (Å²) in [6.07, 6.45) is 3.94. The number of aromatic nitrogens is 3. The lowest BCUT2D eigenvalue weighted by Gasteiger charge is -2.07. The molecule has 0 fully saturated rings. The van der Waals surface area contributed by atoms with E-state index in [2.05, 4.69) is 14.8 Å². The second-order valence-electron chi connectivity index (χ2n) is 5.22. The van der Waals surface area contributed by atoms with Crippen LogP contribution in [-0.4, -0.2) is 32.7 Å². The molecule has 0 aliphatic carbocycles. The predicted molar refractivity (Wildman–Crippen MR) is 98.5 cm³/mol. The van der Waals surface area contributed by atoms with Gasteiger partial charge in [-0.1, -0.05) is 17.7 Å². The maximum absolute atomic E-state index is 12.7. The second kappa shape index (κ2) is 8.09. The van der Waals surface area contributed by atoms with Crippen molar-refractivity contribution < 1.29 is 13.2 Å². The minimum atomic E-state index is -1.53. The van der Waals surface area contributed by atoms with E-state index >= 15 is 0 Å². The zero-order valence-electron chi connectivity index (χ0n) is 13.3. The summed E-state index contributed by atoms with van der Waals surface area (Å²) in [7, 11) is 0.100. The number of ether oxygens (including phenoxy) is 1. The molecule has 2 N–H and O–H groups in total. The Morgan fingerprint density at radius 3 is 3.04 bits per heavy atom. The minimum absolute atomic E-state index is 0.300. The molecule has 0 radical (unpaired) electrons. The molecule has 1 atom stereocenters. The van der Waals surface area contributed by atoms with Gasteiger partial charge >= 0.3 is 0 Å². The van der Waals surface area contributed by atoms with Crippen molar-refractivity contribution in [1.82, 2.24) is 14.8 Å². The first kappa shape index (κ1) is 18.1. The van der Waals surface area contributed by atoms with Gasteiger partial charge in [0.05, 0.1) is 11.1 Å². The number of anilines is 1. The molecule has 3 aromatic rings. The average Bonchev–Trinajstić information content (AvgIpc) is 3.18. The number of hydrogen-bond acceptors (Lipinski definition) is 4. The third-order valence-corrected chi connectivity index (χ3v) is 5.11. The van der Waals surface area contributed by atoms with Crippen LogP contribution < -0.4 is 9.01 Å². The number of nitrogens with zero attached hydrogens (tertiary/aromatic N) is 2. The molecular formula is C15H16Cl2N4O3S. The highest BCUT2D eigenvalue weighted by molar-refractivity contribution is 7.86. The summed E-state index contributed by atoms with van der Waals surface area (Å²) >= 11 is 11.5. The fraction of sp³-hybridized carbons (Fsp3) is 0.267. The number of rotatable bonds is 8. The van der Waals surface area contributed by atoms with E-state index in [9.17, 15) is 4.21 Å². The SMILES string of the molecule is COCCCn1ncc(NS(=O)c2c[nH]c3cc(Cl)ccc23)c1OCl. The molecule has 1 aromatic carbocycles. The van der Waals surface area contributed by atoms with Crippen molar-refractivity contribution >= 4 is 51.0 Å². The Hall–Kier alpha value is -1.74. The minimum Gasteiger partial charge on any atom is -0.385 e. The van der Waals surface area contributed by atoms with E-state index in [4.69, 9.17) is 32.5 Å². The zero-order chi connectivity index (χ0) is 17.8. The van der Waals surface area contributed by atoms with Crippen LogP contribution in [0.15, 0.2) is 35.5 Å². The van der Waals surface area contributed by atoms with Gasteiger partial charge in [-0.15, -0.1) is 0 Å². The van der Waals surface area contributed by atoms with E-state index in [1.807, 2.05) is 6.07 Å². The molecule has 7 nitrogen and oxygen atoms in total. The first-order valence-electron chi connectivity index (χ1n) is 7.42. The van der Waals surface area contributed by atoms with Gasteiger partial charge in [0.2, 0.25) is 0 Å². The van der Waals surface area contributed by atoms with Crippen LogP contribution in [0.25, 0.3) is 10.9 Å².